The number of nitro groups is 1. The lowest BCUT2D eigenvalue weighted by Gasteiger charge is -2.22. The van der Waals surface area contributed by atoms with Crippen LogP contribution in [0.1, 0.15) is 37.3 Å². The normalized spacial score (nSPS) is 15.1. The zero-order valence-electron chi connectivity index (χ0n) is 10.6. The SMILES string of the molecule is CCC(N)C(C)c1ccc([N+](=O)[O-])cc1C(F)(F)F. The van der Waals surface area contributed by atoms with Crippen molar-refractivity contribution in [3.63, 3.8) is 0 Å². The lowest BCUT2D eigenvalue weighted by atomic mass is 9.88. The van der Waals surface area contributed by atoms with Gasteiger partial charge in [0.05, 0.1) is 10.5 Å². The average Bonchev–Trinajstić information content (AvgIpc) is 2.35. The first-order valence-corrected chi connectivity index (χ1v) is 5.79. The summed E-state index contributed by atoms with van der Waals surface area (Å²) in [4.78, 5) is 9.72. The first-order valence-electron chi connectivity index (χ1n) is 5.79. The standard InChI is InChI=1S/C12H15F3N2O2/c1-3-11(16)7(2)9-5-4-8(17(18)19)6-10(9)12(13,14)15/h4-7,11H,3,16H2,1-2H3. The fraction of sp³-hybridized carbons (Fsp3) is 0.500. The first-order chi connectivity index (χ1) is 8.68. The molecule has 0 saturated heterocycles. The second-order valence-electron chi connectivity index (χ2n) is 4.39. The van der Waals surface area contributed by atoms with Gasteiger partial charge in [-0.25, -0.2) is 0 Å². The highest BCUT2D eigenvalue weighted by Gasteiger charge is 2.36. The van der Waals surface area contributed by atoms with Gasteiger partial charge in [-0.15, -0.1) is 0 Å². The van der Waals surface area contributed by atoms with E-state index in [-0.39, 0.29) is 5.56 Å². The van der Waals surface area contributed by atoms with Crippen LogP contribution in [0.25, 0.3) is 0 Å². The van der Waals surface area contributed by atoms with Crippen LogP contribution in [-0.4, -0.2) is 11.0 Å². The Morgan fingerprint density at radius 2 is 2.00 bits per heavy atom. The molecule has 0 heterocycles. The number of nitrogens with two attached hydrogens (primary N) is 1. The summed E-state index contributed by atoms with van der Waals surface area (Å²) in [6.07, 6.45) is -4.11. The Kier molecular flexibility index (Phi) is 4.52. The third kappa shape index (κ3) is 3.44. The molecule has 7 heteroatoms. The van der Waals surface area contributed by atoms with Crippen LogP contribution < -0.4 is 5.73 Å². The van der Waals surface area contributed by atoms with Crippen molar-refractivity contribution in [2.75, 3.05) is 0 Å². The van der Waals surface area contributed by atoms with Gasteiger partial charge in [-0.3, -0.25) is 10.1 Å². The summed E-state index contributed by atoms with van der Waals surface area (Å²) in [5, 5.41) is 10.6. The van der Waals surface area contributed by atoms with E-state index in [2.05, 4.69) is 0 Å². The summed E-state index contributed by atoms with van der Waals surface area (Å²) in [5.41, 5.74) is 4.19. The molecular formula is C12H15F3N2O2. The Morgan fingerprint density at radius 1 is 1.42 bits per heavy atom. The fourth-order valence-electron chi connectivity index (χ4n) is 1.88. The predicted octanol–water partition coefficient (Wildman–Crippen LogP) is 3.45. The molecule has 0 aliphatic rings. The molecule has 1 rings (SSSR count). The Labute approximate surface area is 108 Å². The van der Waals surface area contributed by atoms with E-state index in [4.69, 9.17) is 5.73 Å². The number of halogens is 3. The van der Waals surface area contributed by atoms with Crippen molar-refractivity contribution in [2.24, 2.45) is 5.73 Å². The second-order valence-corrected chi connectivity index (χ2v) is 4.39. The number of hydrogen-bond donors (Lipinski definition) is 1. The fourth-order valence-corrected chi connectivity index (χ4v) is 1.88. The number of non-ortho nitro benzene ring substituents is 1. The maximum absolute atomic E-state index is 13.0. The Balaban J connectivity index is 3.36. The Morgan fingerprint density at radius 3 is 2.42 bits per heavy atom. The summed E-state index contributed by atoms with van der Waals surface area (Å²) >= 11 is 0. The zero-order valence-corrected chi connectivity index (χ0v) is 10.6. The van der Waals surface area contributed by atoms with Crippen molar-refractivity contribution in [3.8, 4) is 0 Å². The molecule has 0 spiro atoms. The Bertz CT molecular complexity index is 475. The number of benzene rings is 1. The second kappa shape index (κ2) is 5.56. The summed E-state index contributed by atoms with van der Waals surface area (Å²) in [6, 6.07) is 2.35. The van der Waals surface area contributed by atoms with E-state index in [0.717, 1.165) is 12.1 Å². The maximum Gasteiger partial charge on any atom is 0.416 e. The first kappa shape index (κ1) is 15.4. The van der Waals surface area contributed by atoms with Crippen LogP contribution in [0.15, 0.2) is 18.2 Å². The molecule has 4 nitrogen and oxygen atoms in total. The molecule has 2 unspecified atom stereocenters. The number of rotatable bonds is 4. The molecule has 0 aliphatic carbocycles. The monoisotopic (exact) mass is 276 g/mol. The van der Waals surface area contributed by atoms with Crippen LogP contribution in [0.3, 0.4) is 0 Å². The van der Waals surface area contributed by atoms with Gasteiger partial charge in [-0.2, -0.15) is 13.2 Å². The minimum Gasteiger partial charge on any atom is -0.327 e. The molecule has 0 fully saturated rings. The predicted molar refractivity (Wildman–Crippen MR) is 64.8 cm³/mol. The smallest absolute Gasteiger partial charge is 0.327 e. The Hall–Kier alpha value is -1.63. The van der Waals surface area contributed by atoms with Gasteiger partial charge in [0.1, 0.15) is 0 Å². The molecule has 1 aromatic carbocycles. The van der Waals surface area contributed by atoms with E-state index in [1.165, 1.54) is 0 Å². The number of alkyl halides is 3. The van der Waals surface area contributed by atoms with E-state index >= 15 is 0 Å². The number of nitrogens with zero attached hydrogens (tertiary/aromatic N) is 1. The van der Waals surface area contributed by atoms with Crippen molar-refractivity contribution in [2.45, 2.75) is 38.4 Å². The molecule has 106 valence electrons. The summed E-state index contributed by atoms with van der Waals surface area (Å²) in [7, 11) is 0. The van der Waals surface area contributed by atoms with Crippen LogP contribution in [0, 0.1) is 10.1 Å². The number of nitro benzene ring substituents is 1. The lowest BCUT2D eigenvalue weighted by molar-refractivity contribution is -0.385. The topological polar surface area (TPSA) is 69.2 Å². The largest absolute Gasteiger partial charge is 0.416 e. The van der Waals surface area contributed by atoms with Crippen molar-refractivity contribution in [1.82, 2.24) is 0 Å². The summed E-state index contributed by atoms with van der Waals surface area (Å²) < 4.78 is 38.9. The third-order valence-electron chi connectivity index (χ3n) is 3.16. The molecule has 0 bridgehead atoms. The molecule has 2 atom stereocenters. The van der Waals surface area contributed by atoms with Crippen molar-refractivity contribution < 1.29 is 18.1 Å². The summed E-state index contributed by atoms with van der Waals surface area (Å²) in [6.45, 7) is 3.37. The van der Waals surface area contributed by atoms with Gasteiger partial charge < -0.3 is 5.73 Å². The van der Waals surface area contributed by atoms with E-state index in [0.29, 0.717) is 12.5 Å². The van der Waals surface area contributed by atoms with Gasteiger partial charge in [-0.05, 0) is 17.9 Å². The molecule has 19 heavy (non-hydrogen) atoms. The van der Waals surface area contributed by atoms with Crippen molar-refractivity contribution >= 4 is 5.69 Å². The minimum absolute atomic E-state index is 0.00699. The van der Waals surface area contributed by atoms with E-state index in [1.807, 2.05) is 0 Å². The average molecular weight is 276 g/mol. The lowest BCUT2D eigenvalue weighted by Crippen LogP contribution is -2.27. The van der Waals surface area contributed by atoms with Gasteiger partial charge in [-0.1, -0.05) is 19.9 Å². The van der Waals surface area contributed by atoms with E-state index in [9.17, 15) is 23.3 Å². The molecule has 0 amide bonds. The molecule has 0 radical (unpaired) electrons. The molecule has 2 N–H and O–H groups in total. The number of hydrogen-bond acceptors (Lipinski definition) is 3. The highest BCUT2D eigenvalue weighted by atomic mass is 19.4. The maximum atomic E-state index is 13.0. The van der Waals surface area contributed by atoms with Crippen LogP contribution >= 0.6 is 0 Å². The highest BCUT2D eigenvalue weighted by molar-refractivity contribution is 5.43. The zero-order chi connectivity index (χ0) is 14.8. The van der Waals surface area contributed by atoms with E-state index in [1.54, 1.807) is 13.8 Å². The molecule has 0 aliphatic heterocycles. The minimum atomic E-state index is -4.64. The van der Waals surface area contributed by atoms with Crippen LogP contribution in [-0.2, 0) is 6.18 Å². The third-order valence-corrected chi connectivity index (χ3v) is 3.16. The van der Waals surface area contributed by atoms with Gasteiger partial charge in [0.25, 0.3) is 5.69 Å². The van der Waals surface area contributed by atoms with E-state index < -0.39 is 34.3 Å². The molecule has 1 aromatic rings. The van der Waals surface area contributed by atoms with Gasteiger partial charge in [0.2, 0.25) is 0 Å². The van der Waals surface area contributed by atoms with Gasteiger partial charge >= 0.3 is 6.18 Å². The van der Waals surface area contributed by atoms with Crippen molar-refractivity contribution in [1.29, 1.82) is 0 Å². The van der Waals surface area contributed by atoms with Crippen molar-refractivity contribution in [3.05, 3.63) is 39.4 Å². The summed E-state index contributed by atoms with van der Waals surface area (Å²) in [5.74, 6) is -0.526. The van der Waals surface area contributed by atoms with Crippen LogP contribution in [0.4, 0.5) is 18.9 Å². The highest BCUT2D eigenvalue weighted by Crippen LogP contribution is 2.38. The van der Waals surface area contributed by atoms with Crippen LogP contribution in [0.2, 0.25) is 0 Å². The molecular weight excluding hydrogens is 261 g/mol. The molecule has 0 saturated carbocycles. The molecule has 0 aromatic heterocycles. The quantitative estimate of drug-likeness (QED) is 0.676. The van der Waals surface area contributed by atoms with Gasteiger partial charge in [0, 0.05) is 18.2 Å². The van der Waals surface area contributed by atoms with Crippen LogP contribution in [0.5, 0.6) is 0 Å². The van der Waals surface area contributed by atoms with Gasteiger partial charge in [0.15, 0.2) is 0 Å².